The molecule has 0 bridgehead atoms. The van der Waals surface area contributed by atoms with Gasteiger partial charge in [0.25, 0.3) is 0 Å². The Labute approximate surface area is 153 Å². The van der Waals surface area contributed by atoms with Crippen LogP contribution < -0.4 is 14.2 Å². The standard InChI is InChI=1S/C20H12N2O5/c23-20(12-4-7-16-18(9-12)25-11-24-16)26-13-5-6-14-17(10-13)27-19(22-14)15-3-1-2-8-21-15/h1-10H,11H2. The van der Waals surface area contributed by atoms with Gasteiger partial charge in [0.15, 0.2) is 17.1 Å². The number of hydrogen-bond acceptors (Lipinski definition) is 7. The molecule has 7 heteroatoms. The van der Waals surface area contributed by atoms with Crippen LogP contribution in [0.2, 0.25) is 0 Å². The van der Waals surface area contributed by atoms with Gasteiger partial charge in [-0.05, 0) is 42.5 Å². The van der Waals surface area contributed by atoms with Crippen molar-refractivity contribution in [2.75, 3.05) is 6.79 Å². The third-order valence-corrected chi connectivity index (χ3v) is 4.06. The van der Waals surface area contributed by atoms with Crippen LogP contribution in [0.5, 0.6) is 17.2 Å². The fraction of sp³-hybridized carbons (Fsp3) is 0.0500. The van der Waals surface area contributed by atoms with Crippen LogP contribution in [0.4, 0.5) is 0 Å². The average Bonchev–Trinajstić information content (AvgIpc) is 3.34. The van der Waals surface area contributed by atoms with Crippen LogP contribution in [0.15, 0.2) is 65.2 Å². The predicted molar refractivity (Wildman–Crippen MR) is 94.8 cm³/mol. The third kappa shape index (κ3) is 2.85. The highest BCUT2D eigenvalue weighted by atomic mass is 16.7. The van der Waals surface area contributed by atoms with Crippen molar-refractivity contribution in [1.29, 1.82) is 0 Å². The Bertz CT molecular complexity index is 1150. The van der Waals surface area contributed by atoms with E-state index in [0.717, 1.165) is 0 Å². The van der Waals surface area contributed by atoms with E-state index in [0.29, 0.717) is 45.5 Å². The minimum absolute atomic E-state index is 0.147. The second-order valence-corrected chi connectivity index (χ2v) is 5.82. The van der Waals surface area contributed by atoms with Crippen molar-refractivity contribution < 1.29 is 23.4 Å². The normalized spacial score (nSPS) is 12.3. The van der Waals surface area contributed by atoms with Crippen molar-refractivity contribution in [3.63, 3.8) is 0 Å². The van der Waals surface area contributed by atoms with Crippen LogP contribution in [0.1, 0.15) is 10.4 Å². The van der Waals surface area contributed by atoms with Crippen molar-refractivity contribution in [2.24, 2.45) is 0 Å². The van der Waals surface area contributed by atoms with E-state index in [1.807, 2.05) is 18.2 Å². The van der Waals surface area contributed by atoms with Gasteiger partial charge in [-0.3, -0.25) is 4.98 Å². The van der Waals surface area contributed by atoms with Crippen LogP contribution in [-0.2, 0) is 0 Å². The molecule has 7 nitrogen and oxygen atoms in total. The molecule has 4 aromatic rings. The maximum Gasteiger partial charge on any atom is 0.343 e. The molecule has 132 valence electrons. The molecule has 0 spiro atoms. The van der Waals surface area contributed by atoms with Crippen LogP contribution in [0, 0.1) is 0 Å². The SMILES string of the molecule is O=C(Oc1ccc2nc(-c3ccccn3)oc2c1)c1ccc2c(c1)OCO2. The number of pyridine rings is 1. The summed E-state index contributed by atoms with van der Waals surface area (Å²) in [4.78, 5) is 21.0. The van der Waals surface area contributed by atoms with E-state index < -0.39 is 5.97 Å². The molecule has 27 heavy (non-hydrogen) atoms. The number of benzene rings is 2. The molecule has 0 atom stereocenters. The summed E-state index contributed by atoms with van der Waals surface area (Å²) >= 11 is 0. The topological polar surface area (TPSA) is 83.7 Å². The maximum atomic E-state index is 12.4. The van der Waals surface area contributed by atoms with Crippen molar-refractivity contribution in [3.8, 4) is 28.8 Å². The van der Waals surface area contributed by atoms with Gasteiger partial charge in [0.05, 0.1) is 5.56 Å². The molecular weight excluding hydrogens is 348 g/mol. The molecule has 0 radical (unpaired) electrons. The van der Waals surface area contributed by atoms with Gasteiger partial charge in [0, 0.05) is 12.3 Å². The molecule has 2 aromatic heterocycles. The Morgan fingerprint density at radius 1 is 1.00 bits per heavy atom. The van der Waals surface area contributed by atoms with E-state index >= 15 is 0 Å². The second kappa shape index (κ2) is 6.14. The molecule has 1 aliphatic rings. The summed E-state index contributed by atoms with van der Waals surface area (Å²) in [6, 6.07) is 15.4. The van der Waals surface area contributed by atoms with Crippen molar-refractivity contribution in [2.45, 2.75) is 0 Å². The van der Waals surface area contributed by atoms with E-state index in [4.69, 9.17) is 18.6 Å². The lowest BCUT2D eigenvalue weighted by atomic mass is 10.2. The number of oxazole rings is 1. The summed E-state index contributed by atoms with van der Waals surface area (Å²) in [7, 11) is 0. The zero-order valence-electron chi connectivity index (χ0n) is 13.9. The van der Waals surface area contributed by atoms with E-state index in [2.05, 4.69) is 9.97 Å². The Hall–Kier alpha value is -3.87. The molecule has 0 fully saturated rings. The highest BCUT2D eigenvalue weighted by Crippen LogP contribution is 2.33. The number of rotatable bonds is 3. The fourth-order valence-electron chi connectivity index (χ4n) is 2.76. The van der Waals surface area contributed by atoms with Crippen molar-refractivity contribution >= 4 is 17.1 Å². The smallest absolute Gasteiger partial charge is 0.343 e. The molecule has 2 aromatic carbocycles. The van der Waals surface area contributed by atoms with Gasteiger partial charge in [0.2, 0.25) is 12.7 Å². The Kier molecular flexibility index (Phi) is 3.50. The lowest BCUT2D eigenvalue weighted by molar-refractivity contribution is 0.0734. The lowest BCUT2D eigenvalue weighted by Gasteiger charge is -2.04. The summed E-state index contributed by atoms with van der Waals surface area (Å²) in [5.74, 6) is 1.39. The molecule has 0 saturated heterocycles. The van der Waals surface area contributed by atoms with E-state index in [1.54, 1.807) is 42.6 Å². The molecule has 0 N–H and O–H groups in total. The monoisotopic (exact) mass is 360 g/mol. The number of esters is 1. The quantitative estimate of drug-likeness (QED) is 0.405. The average molecular weight is 360 g/mol. The molecule has 0 amide bonds. The maximum absolute atomic E-state index is 12.4. The minimum Gasteiger partial charge on any atom is -0.454 e. The van der Waals surface area contributed by atoms with Crippen LogP contribution in [0.25, 0.3) is 22.7 Å². The van der Waals surface area contributed by atoms with Gasteiger partial charge >= 0.3 is 5.97 Å². The van der Waals surface area contributed by atoms with Crippen LogP contribution in [0.3, 0.4) is 0 Å². The first-order chi connectivity index (χ1) is 13.3. The highest BCUT2D eigenvalue weighted by molar-refractivity contribution is 5.92. The highest BCUT2D eigenvalue weighted by Gasteiger charge is 2.18. The molecule has 0 aliphatic carbocycles. The van der Waals surface area contributed by atoms with Gasteiger partial charge in [-0.25, -0.2) is 9.78 Å². The number of nitrogens with zero attached hydrogens (tertiary/aromatic N) is 2. The molecule has 3 heterocycles. The molecule has 0 saturated carbocycles. The molecule has 0 unspecified atom stereocenters. The first-order valence-electron chi connectivity index (χ1n) is 8.20. The number of carbonyl (C=O) groups is 1. The zero-order chi connectivity index (χ0) is 18.2. The summed E-state index contributed by atoms with van der Waals surface area (Å²) in [5, 5.41) is 0. The Morgan fingerprint density at radius 3 is 2.81 bits per heavy atom. The summed E-state index contributed by atoms with van der Waals surface area (Å²) < 4.78 is 21.7. The van der Waals surface area contributed by atoms with Gasteiger partial charge in [-0.15, -0.1) is 0 Å². The Balaban J connectivity index is 1.41. The van der Waals surface area contributed by atoms with Crippen LogP contribution >= 0.6 is 0 Å². The number of aromatic nitrogens is 2. The van der Waals surface area contributed by atoms with Gasteiger partial charge in [-0.2, -0.15) is 0 Å². The largest absolute Gasteiger partial charge is 0.454 e. The first-order valence-corrected chi connectivity index (χ1v) is 8.20. The van der Waals surface area contributed by atoms with E-state index in [-0.39, 0.29) is 6.79 Å². The van der Waals surface area contributed by atoms with Crippen molar-refractivity contribution in [1.82, 2.24) is 9.97 Å². The van der Waals surface area contributed by atoms with Crippen molar-refractivity contribution in [3.05, 3.63) is 66.4 Å². The number of fused-ring (bicyclic) bond motifs is 2. The van der Waals surface area contributed by atoms with Gasteiger partial charge < -0.3 is 18.6 Å². The number of carbonyl (C=O) groups excluding carboxylic acids is 1. The zero-order valence-corrected chi connectivity index (χ0v) is 13.9. The fourth-order valence-corrected chi connectivity index (χ4v) is 2.76. The summed E-state index contributed by atoms with van der Waals surface area (Å²) in [5.41, 5.74) is 2.16. The number of ether oxygens (including phenoxy) is 3. The molecular formula is C20H12N2O5. The van der Waals surface area contributed by atoms with Gasteiger partial charge in [0.1, 0.15) is 17.0 Å². The van der Waals surface area contributed by atoms with E-state index in [1.165, 1.54) is 0 Å². The number of hydrogen-bond donors (Lipinski definition) is 0. The second-order valence-electron chi connectivity index (χ2n) is 5.82. The molecule has 1 aliphatic heterocycles. The Morgan fingerprint density at radius 2 is 1.93 bits per heavy atom. The first kappa shape index (κ1) is 15.4. The van der Waals surface area contributed by atoms with Crippen LogP contribution in [-0.4, -0.2) is 22.7 Å². The predicted octanol–water partition coefficient (Wildman–Crippen LogP) is 3.84. The molecule has 5 rings (SSSR count). The van der Waals surface area contributed by atoms with E-state index in [9.17, 15) is 4.79 Å². The van der Waals surface area contributed by atoms with Gasteiger partial charge in [-0.1, -0.05) is 6.07 Å². The summed E-state index contributed by atoms with van der Waals surface area (Å²) in [6.45, 7) is 0.147. The summed E-state index contributed by atoms with van der Waals surface area (Å²) in [6.07, 6.45) is 1.67. The minimum atomic E-state index is -0.503. The third-order valence-electron chi connectivity index (χ3n) is 4.06. The lowest BCUT2D eigenvalue weighted by Crippen LogP contribution is -2.08.